The molecule has 70 valence electrons. The van der Waals surface area contributed by atoms with Crippen molar-refractivity contribution in [2.45, 2.75) is 6.92 Å². The Bertz CT molecular complexity index is 627. The fourth-order valence-electron chi connectivity index (χ4n) is 1.42. The minimum Gasteiger partial charge on any atom is -0.196 e. The average Bonchev–Trinajstić information content (AvgIpc) is 2.74. The number of aryl methyl sites for hydroxylation is 1. The smallest absolute Gasteiger partial charge is 0.186 e. The van der Waals surface area contributed by atoms with E-state index >= 15 is 0 Å². The molecule has 3 heterocycles. The molecule has 0 saturated carbocycles. The summed E-state index contributed by atoms with van der Waals surface area (Å²) in [7, 11) is 0. The molecule has 0 amide bonds. The van der Waals surface area contributed by atoms with Crippen LogP contribution >= 0.6 is 22.9 Å². The van der Waals surface area contributed by atoms with E-state index in [1.54, 1.807) is 15.9 Å². The third kappa shape index (κ3) is 0.908. The first kappa shape index (κ1) is 8.14. The van der Waals surface area contributed by atoms with Crippen LogP contribution in [-0.2, 0) is 0 Å². The normalized spacial score (nSPS) is 11.6. The van der Waals surface area contributed by atoms with Crippen molar-refractivity contribution in [3.8, 4) is 0 Å². The van der Waals surface area contributed by atoms with Crippen LogP contribution in [0.25, 0.3) is 16.4 Å². The number of nitrogens with zero attached hydrogens (tertiary/aromatic N) is 4. The maximum absolute atomic E-state index is 6.03. The molecule has 6 heteroatoms. The number of aromatic nitrogens is 4. The first-order chi connectivity index (χ1) is 6.77. The van der Waals surface area contributed by atoms with Crippen molar-refractivity contribution >= 4 is 39.4 Å². The van der Waals surface area contributed by atoms with Crippen LogP contribution in [0.15, 0.2) is 10.8 Å². The quantitative estimate of drug-likeness (QED) is 0.589. The van der Waals surface area contributed by atoms with E-state index in [9.17, 15) is 0 Å². The summed E-state index contributed by atoms with van der Waals surface area (Å²) >= 11 is 7.61. The van der Waals surface area contributed by atoms with Crippen LogP contribution in [0, 0.1) is 6.92 Å². The molecule has 3 aromatic heterocycles. The first-order valence-electron chi connectivity index (χ1n) is 4.01. The lowest BCUT2D eigenvalue weighted by atomic mass is 10.3. The highest BCUT2D eigenvalue weighted by Crippen LogP contribution is 2.27. The molecule has 4 nitrogen and oxygen atoms in total. The molecular weight excluding hydrogens is 220 g/mol. The SMILES string of the molecule is Cc1nnc2c3cscc3c(Cl)nn12. The van der Waals surface area contributed by atoms with Gasteiger partial charge in [-0.15, -0.1) is 10.2 Å². The summed E-state index contributed by atoms with van der Waals surface area (Å²) in [4.78, 5) is 0. The second-order valence-electron chi connectivity index (χ2n) is 2.97. The lowest BCUT2D eigenvalue weighted by molar-refractivity contribution is 0.882. The maximum atomic E-state index is 6.03. The summed E-state index contributed by atoms with van der Waals surface area (Å²) in [5.41, 5.74) is 0.767. The highest BCUT2D eigenvalue weighted by Gasteiger charge is 2.10. The molecular formula is C8H5ClN4S. The van der Waals surface area contributed by atoms with E-state index in [-0.39, 0.29) is 0 Å². The van der Waals surface area contributed by atoms with E-state index < -0.39 is 0 Å². The van der Waals surface area contributed by atoms with Crippen LogP contribution < -0.4 is 0 Å². The van der Waals surface area contributed by atoms with Crippen LogP contribution in [-0.4, -0.2) is 19.8 Å². The van der Waals surface area contributed by atoms with Gasteiger partial charge >= 0.3 is 0 Å². The van der Waals surface area contributed by atoms with Gasteiger partial charge in [-0.25, -0.2) is 0 Å². The van der Waals surface area contributed by atoms with E-state index in [0.29, 0.717) is 5.15 Å². The molecule has 0 N–H and O–H groups in total. The minimum atomic E-state index is 0.497. The molecule has 0 aliphatic rings. The van der Waals surface area contributed by atoms with E-state index in [2.05, 4.69) is 15.3 Å². The van der Waals surface area contributed by atoms with Gasteiger partial charge in [0.2, 0.25) is 0 Å². The summed E-state index contributed by atoms with van der Waals surface area (Å²) in [5, 5.41) is 18.6. The summed E-state index contributed by atoms with van der Waals surface area (Å²) < 4.78 is 1.66. The fraction of sp³-hybridized carbons (Fsp3) is 0.125. The van der Waals surface area contributed by atoms with Gasteiger partial charge in [0, 0.05) is 21.5 Å². The Morgan fingerprint density at radius 2 is 2.07 bits per heavy atom. The Labute approximate surface area is 88.1 Å². The zero-order valence-corrected chi connectivity index (χ0v) is 8.80. The molecule has 3 rings (SSSR count). The predicted octanol–water partition coefficient (Wildman–Crippen LogP) is 2.30. The van der Waals surface area contributed by atoms with E-state index in [1.165, 1.54) is 0 Å². The summed E-state index contributed by atoms with van der Waals surface area (Å²) in [6, 6.07) is 0. The lowest BCUT2D eigenvalue weighted by Crippen LogP contribution is -1.94. The van der Waals surface area contributed by atoms with Crippen molar-refractivity contribution < 1.29 is 0 Å². The average molecular weight is 225 g/mol. The molecule has 0 aromatic carbocycles. The Balaban J connectivity index is 2.67. The van der Waals surface area contributed by atoms with E-state index in [1.807, 2.05) is 17.7 Å². The Morgan fingerprint density at radius 3 is 2.93 bits per heavy atom. The number of fused-ring (bicyclic) bond motifs is 3. The Hall–Kier alpha value is -1.20. The highest BCUT2D eigenvalue weighted by molar-refractivity contribution is 7.09. The third-order valence-electron chi connectivity index (χ3n) is 2.11. The van der Waals surface area contributed by atoms with Gasteiger partial charge < -0.3 is 0 Å². The summed E-state index contributed by atoms with van der Waals surface area (Å²) in [5.74, 6) is 0.745. The number of thiophene rings is 1. The van der Waals surface area contributed by atoms with Gasteiger partial charge in [0.1, 0.15) is 0 Å². The summed E-state index contributed by atoms with van der Waals surface area (Å²) in [6.07, 6.45) is 0. The van der Waals surface area contributed by atoms with Crippen LogP contribution in [0.3, 0.4) is 0 Å². The largest absolute Gasteiger partial charge is 0.196 e. The molecule has 3 aromatic rings. The van der Waals surface area contributed by atoms with Crippen LogP contribution in [0.1, 0.15) is 5.82 Å². The first-order valence-corrected chi connectivity index (χ1v) is 5.33. The molecule has 0 spiro atoms. The van der Waals surface area contributed by atoms with Gasteiger partial charge in [-0.05, 0) is 6.92 Å². The molecule has 0 bridgehead atoms. The number of hydrogen-bond donors (Lipinski definition) is 0. The predicted molar refractivity (Wildman–Crippen MR) is 55.9 cm³/mol. The molecule has 0 fully saturated rings. The van der Waals surface area contributed by atoms with Gasteiger partial charge in [-0.1, -0.05) is 11.6 Å². The van der Waals surface area contributed by atoms with Gasteiger partial charge in [0.05, 0.1) is 0 Å². The maximum Gasteiger partial charge on any atom is 0.186 e. The van der Waals surface area contributed by atoms with Crippen molar-refractivity contribution in [2.24, 2.45) is 0 Å². The number of rotatable bonds is 0. The van der Waals surface area contributed by atoms with Gasteiger partial charge in [0.25, 0.3) is 0 Å². The van der Waals surface area contributed by atoms with Crippen LogP contribution in [0.4, 0.5) is 0 Å². The van der Waals surface area contributed by atoms with Gasteiger partial charge in [-0.2, -0.15) is 21.0 Å². The van der Waals surface area contributed by atoms with Crippen LogP contribution in [0.2, 0.25) is 5.15 Å². The fourth-order valence-corrected chi connectivity index (χ4v) is 2.52. The van der Waals surface area contributed by atoms with E-state index in [0.717, 1.165) is 22.2 Å². The monoisotopic (exact) mass is 224 g/mol. The van der Waals surface area contributed by atoms with Crippen LogP contribution in [0.5, 0.6) is 0 Å². The second-order valence-corrected chi connectivity index (χ2v) is 4.07. The molecule has 0 aliphatic heterocycles. The standard InChI is InChI=1S/C8H5ClN4S/c1-4-10-11-8-6-3-14-2-5(6)7(9)12-13(4)8/h2-3H,1H3. The lowest BCUT2D eigenvalue weighted by Gasteiger charge is -1.96. The highest BCUT2D eigenvalue weighted by atomic mass is 35.5. The molecule has 0 atom stereocenters. The molecule has 14 heavy (non-hydrogen) atoms. The van der Waals surface area contributed by atoms with Crippen molar-refractivity contribution in [3.63, 3.8) is 0 Å². The topological polar surface area (TPSA) is 43.1 Å². The molecule has 0 aliphatic carbocycles. The Kier molecular flexibility index (Phi) is 1.54. The van der Waals surface area contributed by atoms with Crippen molar-refractivity contribution in [1.82, 2.24) is 19.8 Å². The third-order valence-corrected chi connectivity index (χ3v) is 3.13. The minimum absolute atomic E-state index is 0.497. The van der Waals surface area contributed by atoms with Crippen molar-refractivity contribution in [3.05, 3.63) is 21.7 Å². The van der Waals surface area contributed by atoms with Gasteiger partial charge in [0.15, 0.2) is 16.6 Å². The summed E-state index contributed by atoms with van der Waals surface area (Å²) in [6.45, 7) is 1.85. The van der Waals surface area contributed by atoms with Crippen molar-refractivity contribution in [1.29, 1.82) is 0 Å². The molecule has 0 unspecified atom stereocenters. The Morgan fingerprint density at radius 1 is 1.29 bits per heavy atom. The zero-order valence-electron chi connectivity index (χ0n) is 7.23. The number of hydrogen-bond acceptors (Lipinski definition) is 4. The van der Waals surface area contributed by atoms with Crippen molar-refractivity contribution in [2.75, 3.05) is 0 Å². The molecule has 0 saturated heterocycles. The number of halogens is 1. The zero-order chi connectivity index (χ0) is 9.71. The second kappa shape index (κ2) is 2.65. The van der Waals surface area contributed by atoms with E-state index in [4.69, 9.17) is 11.6 Å². The molecule has 0 radical (unpaired) electrons. The van der Waals surface area contributed by atoms with Gasteiger partial charge in [-0.3, -0.25) is 0 Å².